The van der Waals surface area contributed by atoms with E-state index in [1.54, 1.807) is 7.11 Å². The first-order valence-corrected chi connectivity index (χ1v) is 7.31. The molecular weight excluding hydrogens is 238 g/mol. The summed E-state index contributed by atoms with van der Waals surface area (Å²) in [4.78, 5) is 2.58. The molecule has 2 heterocycles. The maximum absolute atomic E-state index is 5.58. The molecule has 3 nitrogen and oxygen atoms in total. The molecule has 0 aromatic heterocycles. The summed E-state index contributed by atoms with van der Waals surface area (Å²) in [6, 6.07) is 6.49. The van der Waals surface area contributed by atoms with Crippen LogP contribution in [0.15, 0.2) is 18.2 Å². The molecule has 1 fully saturated rings. The summed E-state index contributed by atoms with van der Waals surface area (Å²) in [7, 11) is 1.74. The Balaban J connectivity index is 1.61. The van der Waals surface area contributed by atoms with Crippen LogP contribution in [-0.4, -0.2) is 38.3 Å². The van der Waals surface area contributed by atoms with Crippen LogP contribution in [0.5, 0.6) is 5.75 Å². The van der Waals surface area contributed by atoms with Crippen molar-refractivity contribution in [2.24, 2.45) is 5.92 Å². The number of benzene rings is 1. The van der Waals surface area contributed by atoms with E-state index >= 15 is 0 Å². The van der Waals surface area contributed by atoms with Crippen molar-refractivity contribution < 1.29 is 9.47 Å². The van der Waals surface area contributed by atoms with Crippen molar-refractivity contribution in [2.75, 3.05) is 33.4 Å². The van der Waals surface area contributed by atoms with E-state index in [0.29, 0.717) is 0 Å². The third-order valence-electron chi connectivity index (χ3n) is 4.28. The molecule has 1 aromatic rings. The normalized spacial score (nSPS) is 23.9. The van der Waals surface area contributed by atoms with Crippen molar-refractivity contribution in [3.63, 3.8) is 0 Å². The molecule has 1 saturated heterocycles. The van der Waals surface area contributed by atoms with Crippen molar-refractivity contribution in [2.45, 2.75) is 25.8 Å². The summed E-state index contributed by atoms with van der Waals surface area (Å²) in [5.74, 6) is 1.71. The minimum atomic E-state index is 0.730. The van der Waals surface area contributed by atoms with Gasteiger partial charge in [0, 0.05) is 26.2 Å². The highest BCUT2D eigenvalue weighted by Crippen LogP contribution is 2.25. The maximum atomic E-state index is 5.58. The molecule has 0 aliphatic carbocycles. The number of nitrogens with zero attached hydrogens (tertiary/aromatic N) is 1. The summed E-state index contributed by atoms with van der Waals surface area (Å²) in [6.45, 7) is 5.34. The first kappa shape index (κ1) is 12.9. The molecule has 104 valence electrons. The minimum absolute atomic E-state index is 0.730. The molecule has 0 unspecified atom stereocenters. The quantitative estimate of drug-likeness (QED) is 0.834. The van der Waals surface area contributed by atoms with E-state index in [2.05, 4.69) is 23.1 Å². The molecule has 0 spiro atoms. The van der Waals surface area contributed by atoms with Crippen LogP contribution in [-0.2, 0) is 17.7 Å². The lowest BCUT2D eigenvalue weighted by Crippen LogP contribution is -2.37. The molecule has 19 heavy (non-hydrogen) atoms. The van der Waals surface area contributed by atoms with E-state index in [0.717, 1.165) is 44.4 Å². The highest BCUT2D eigenvalue weighted by Gasteiger charge is 2.21. The summed E-state index contributed by atoms with van der Waals surface area (Å²) < 4.78 is 10.9. The van der Waals surface area contributed by atoms with Gasteiger partial charge in [0.25, 0.3) is 0 Å². The Morgan fingerprint density at radius 2 is 2.32 bits per heavy atom. The van der Waals surface area contributed by atoms with Crippen molar-refractivity contribution in [3.8, 4) is 5.75 Å². The number of fused-ring (bicyclic) bond motifs is 1. The van der Waals surface area contributed by atoms with Gasteiger partial charge in [-0.2, -0.15) is 0 Å². The van der Waals surface area contributed by atoms with Crippen LogP contribution >= 0.6 is 0 Å². The Labute approximate surface area is 115 Å². The van der Waals surface area contributed by atoms with Gasteiger partial charge in [0.05, 0.1) is 13.7 Å². The van der Waals surface area contributed by atoms with Gasteiger partial charge in [0.2, 0.25) is 0 Å². The molecule has 0 N–H and O–H groups in total. The van der Waals surface area contributed by atoms with E-state index in [1.165, 1.54) is 30.5 Å². The number of hydrogen-bond acceptors (Lipinski definition) is 3. The summed E-state index contributed by atoms with van der Waals surface area (Å²) >= 11 is 0. The van der Waals surface area contributed by atoms with Crippen LogP contribution in [0.4, 0.5) is 0 Å². The van der Waals surface area contributed by atoms with Crippen molar-refractivity contribution in [1.29, 1.82) is 0 Å². The maximum Gasteiger partial charge on any atom is 0.119 e. The van der Waals surface area contributed by atoms with E-state index < -0.39 is 0 Å². The lowest BCUT2D eigenvalue weighted by molar-refractivity contribution is 0.0364. The first-order valence-electron chi connectivity index (χ1n) is 7.31. The van der Waals surface area contributed by atoms with Crippen LogP contribution in [0.25, 0.3) is 0 Å². The number of hydrogen-bond donors (Lipinski definition) is 0. The zero-order valence-electron chi connectivity index (χ0n) is 11.7. The van der Waals surface area contributed by atoms with Crippen LogP contribution in [0.3, 0.4) is 0 Å². The Morgan fingerprint density at radius 1 is 1.37 bits per heavy atom. The minimum Gasteiger partial charge on any atom is -0.497 e. The van der Waals surface area contributed by atoms with Crippen LogP contribution in [0, 0.1) is 5.92 Å². The fraction of sp³-hybridized carbons (Fsp3) is 0.625. The smallest absolute Gasteiger partial charge is 0.119 e. The third-order valence-corrected chi connectivity index (χ3v) is 4.28. The highest BCUT2D eigenvalue weighted by atomic mass is 16.5. The molecule has 0 bridgehead atoms. The second-order valence-electron chi connectivity index (χ2n) is 5.70. The lowest BCUT2D eigenvalue weighted by atomic mass is 9.96. The van der Waals surface area contributed by atoms with Crippen molar-refractivity contribution in [3.05, 3.63) is 29.3 Å². The zero-order valence-corrected chi connectivity index (χ0v) is 11.7. The second-order valence-corrected chi connectivity index (χ2v) is 5.70. The predicted octanol–water partition coefficient (Wildman–Crippen LogP) is 2.48. The SMILES string of the molecule is COc1ccc2c(c1)CCN(C[C@@H]1CCCOC1)C2. The van der Waals surface area contributed by atoms with Crippen molar-refractivity contribution in [1.82, 2.24) is 4.90 Å². The van der Waals surface area contributed by atoms with E-state index in [4.69, 9.17) is 9.47 Å². The van der Waals surface area contributed by atoms with Gasteiger partial charge in [-0.05, 0) is 48.4 Å². The molecule has 2 aliphatic rings. The molecule has 0 saturated carbocycles. The van der Waals surface area contributed by atoms with Crippen molar-refractivity contribution >= 4 is 0 Å². The van der Waals surface area contributed by atoms with Gasteiger partial charge in [0.1, 0.15) is 5.75 Å². The summed E-state index contributed by atoms with van der Waals surface area (Å²) in [5, 5.41) is 0. The van der Waals surface area contributed by atoms with E-state index in [-0.39, 0.29) is 0 Å². The average molecular weight is 261 g/mol. The second kappa shape index (κ2) is 5.93. The molecule has 2 aliphatic heterocycles. The first-order chi connectivity index (χ1) is 9.35. The van der Waals surface area contributed by atoms with Gasteiger partial charge in [-0.15, -0.1) is 0 Å². The van der Waals surface area contributed by atoms with Gasteiger partial charge in [0.15, 0.2) is 0 Å². The van der Waals surface area contributed by atoms with Crippen LogP contribution in [0.2, 0.25) is 0 Å². The van der Waals surface area contributed by atoms with Crippen LogP contribution < -0.4 is 4.74 Å². The van der Waals surface area contributed by atoms with Gasteiger partial charge >= 0.3 is 0 Å². The summed E-state index contributed by atoms with van der Waals surface area (Å²) in [5.41, 5.74) is 2.92. The standard InChI is InChI=1S/C16H23NO2/c1-18-16-5-4-15-11-17(7-6-14(15)9-16)10-13-3-2-8-19-12-13/h4-5,9,13H,2-3,6-8,10-12H2,1H3/t13-/m0/s1. The molecular formula is C16H23NO2. The molecule has 1 atom stereocenters. The van der Waals surface area contributed by atoms with Gasteiger partial charge < -0.3 is 9.47 Å². The molecule has 0 amide bonds. The molecule has 0 radical (unpaired) electrons. The molecule has 1 aromatic carbocycles. The fourth-order valence-corrected chi connectivity index (χ4v) is 3.19. The van der Waals surface area contributed by atoms with Crippen LogP contribution in [0.1, 0.15) is 24.0 Å². The van der Waals surface area contributed by atoms with E-state index in [1.807, 2.05) is 0 Å². The predicted molar refractivity (Wildman–Crippen MR) is 75.5 cm³/mol. The van der Waals surface area contributed by atoms with Gasteiger partial charge in [-0.25, -0.2) is 0 Å². The summed E-state index contributed by atoms with van der Waals surface area (Å²) in [6.07, 6.45) is 3.69. The number of rotatable bonds is 3. The molecule has 3 rings (SSSR count). The van der Waals surface area contributed by atoms with Gasteiger partial charge in [-0.3, -0.25) is 4.90 Å². The highest BCUT2D eigenvalue weighted by molar-refractivity contribution is 5.37. The topological polar surface area (TPSA) is 21.7 Å². The Kier molecular flexibility index (Phi) is 4.04. The fourth-order valence-electron chi connectivity index (χ4n) is 3.19. The number of methoxy groups -OCH3 is 1. The van der Waals surface area contributed by atoms with E-state index in [9.17, 15) is 0 Å². The Hall–Kier alpha value is -1.06. The lowest BCUT2D eigenvalue weighted by Gasteiger charge is -2.33. The largest absolute Gasteiger partial charge is 0.497 e. The Morgan fingerprint density at radius 3 is 3.11 bits per heavy atom. The average Bonchev–Trinajstić information content (AvgIpc) is 2.48. The molecule has 3 heteroatoms. The van der Waals surface area contributed by atoms with Gasteiger partial charge in [-0.1, -0.05) is 6.07 Å². The Bertz CT molecular complexity index is 427. The zero-order chi connectivity index (χ0) is 13.1. The third kappa shape index (κ3) is 3.10. The number of ether oxygens (including phenoxy) is 2. The monoisotopic (exact) mass is 261 g/mol.